The van der Waals surface area contributed by atoms with Crippen LogP contribution in [0.4, 0.5) is 5.69 Å². The van der Waals surface area contributed by atoms with E-state index >= 15 is 0 Å². The first-order valence-corrected chi connectivity index (χ1v) is 8.21. The summed E-state index contributed by atoms with van der Waals surface area (Å²) in [7, 11) is 0. The van der Waals surface area contributed by atoms with Gasteiger partial charge in [-0.25, -0.2) is 4.79 Å². The van der Waals surface area contributed by atoms with Crippen LogP contribution < -0.4 is 10.6 Å². The van der Waals surface area contributed by atoms with Gasteiger partial charge in [-0.1, -0.05) is 18.2 Å². The summed E-state index contributed by atoms with van der Waals surface area (Å²) in [6.07, 6.45) is 3.19. The van der Waals surface area contributed by atoms with Gasteiger partial charge in [0.1, 0.15) is 5.56 Å². The number of fused-ring (bicyclic) bond motifs is 1. The number of nitrogens with two attached hydrogens (primary N) is 1. The monoisotopic (exact) mass is 327 g/mol. The number of amides is 1. The molecule has 6 nitrogen and oxygen atoms in total. The average molecular weight is 327 g/mol. The predicted octanol–water partition coefficient (Wildman–Crippen LogP) is 2.11. The van der Waals surface area contributed by atoms with Crippen molar-refractivity contribution < 1.29 is 14.3 Å². The van der Waals surface area contributed by atoms with E-state index in [1.807, 2.05) is 24.3 Å². The summed E-state index contributed by atoms with van der Waals surface area (Å²) in [5.74, 6) is -0.900. The molecule has 0 bridgehead atoms. The van der Waals surface area contributed by atoms with Gasteiger partial charge in [-0.05, 0) is 25.8 Å². The smallest absolute Gasteiger partial charge is 0.341 e. The maximum Gasteiger partial charge on any atom is 0.341 e. The summed E-state index contributed by atoms with van der Waals surface area (Å²) < 4.78 is 5.19. The summed E-state index contributed by atoms with van der Waals surface area (Å²) in [6.45, 7) is 3.35. The number of carbonyl (C=O) groups is 2. The van der Waals surface area contributed by atoms with Gasteiger partial charge in [0.2, 0.25) is 5.91 Å². The normalized spacial score (nSPS) is 17.7. The minimum Gasteiger partial charge on any atom is -0.462 e. The molecular formula is C18H21N3O3. The van der Waals surface area contributed by atoms with E-state index in [-0.39, 0.29) is 11.8 Å². The number of anilines is 1. The van der Waals surface area contributed by atoms with Crippen molar-refractivity contribution >= 4 is 28.5 Å². The Hall–Kier alpha value is -2.63. The van der Waals surface area contributed by atoms with Crippen molar-refractivity contribution in [3.63, 3.8) is 0 Å². The third-order valence-electron chi connectivity index (χ3n) is 4.38. The Morgan fingerprint density at radius 1 is 1.38 bits per heavy atom. The van der Waals surface area contributed by atoms with Crippen molar-refractivity contribution in [3.05, 3.63) is 36.0 Å². The molecule has 0 spiro atoms. The molecule has 1 unspecified atom stereocenters. The van der Waals surface area contributed by atoms with Gasteiger partial charge in [-0.15, -0.1) is 0 Å². The lowest BCUT2D eigenvalue weighted by molar-refractivity contribution is -0.122. The highest BCUT2D eigenvalue weighted by Gasteiger charge is 2.28. The fraction of sp³-hybridized carbons (Fsp3) is 0.389. The lowest BCUT2D eigenvalue weighted by Gasteiger charge is -2.34. The fourth-order valence-electron chi connectivity index (χ4n) is 3.24. The van der Waals surface area contributed by atoms with Crippen LogP contribution in [0.3, 0.4) is 0 Å². The number of para-hydroxylation sites is 1. The van der Waals surface area contributed by atoms with Crippen LogP contribution in [0.5, 0.6) is 0 Å². The summed E-state index contributed by atoms with van der Waals surface area (Å²) in [6, 6.07) is 7.67. The number of aromatic nitrogens is 1. The molecule has 2 N–H and O–H groups in total. The van der Waals surface area contributed by atoms with E-state index in [4.69, 9.17) is 10.5 Å². The van der Waals surface area contributed by atoms with Gasteiger partial charge < -0.3 is 15.4 Å². The third-order valence-corrected chi connectivity index (χ3v) is 4.38. The topological polar surface area (TPSA) is 85.5 Å². The second-order valence-corrected chi connectivity index (χ2v) is 5.95. The molecule has 3 rings (SSSR count). The predicted molar refractivity (Wildman–Crippen MR) is 91.8 cm³/mol. The molecule has 1 atom stereocenters. The third kappa shape index (κ3) is 3.04. The first-order valence-electron chi connectivity index (χ1n) is 8.21. The number of carbonyl (C=O) groups excluding carboxylic acids is 2. The van der Waals surface area contributed by atoms with Crippen molar-refractivity contribution in [2.75, 3.05) is 24.6 Å². The molecule has 1 amide bonds. The van der Waals surface area contributed by atoms with Crippen LogP contribution in [0, 0.1) is 5.92 Å². The molecule has 1 fully saturated rings. The Morgan fingerprint density at radius 3 is 2.92 bits per heavy atom. The standard InChI is InChI=1S/C18H21N3O3/c1-2-24-18(23)14-10-20-15-8-4-3-7-13(15)16(14)21-9-5-6-12(11-21)17(19)22/h3-4,7-8,10,12H,2,5-6,9,11H2,1H3,(H2,19,22). The minimum atomic E-state index is -0.396. The Kier molecular flexibility index (Phi) is 4.64. The van der Waals surface area contributed by atoms with Crippen molar-refractivity contribution in [2.24, 2.45) is 11.7 Å². The number of nitrogens with zero attached hydrogens (tertiary/aromatic N) is 2. The summed E-state index contributed by atoms with van der Waals surface area (Å²) in [5.41, 5.74) is 7.52. The van der Waals surface area contributed by atoms with Crippen molar-refractivity contribution in [1.82, 2.24) is 4.98 Å². The second-order valence-electron chi connectivity index (χ2n) is 5.95. The van der Waals surface area contributed by atoms with Crippen molar-refractivity contribution in [1.29, 1.82) is 0 Å². The van der Waals surface area contributed by atoms with E-state index in [2.05, 4.69) is 9.88 Å². The highest BCUT2D eigenvalue weighted by atomic mass is 16.5. The Morgan fingerprint density at radius 2 is 2.17 bits per heavy atom. The zero-order chi connectivity index (χ0) is 17.1. The number of rotatable bonds is 4. The molecule has 126 valence electrons. The van der Waals surface area contributed by atoms with Gasteiger partial charge >= 0.3 is 5.97 Å². The summed E-state index contributed by atoms with van der Waals surface area (Å²) in [5, 5.41) is 0.883. The van der Waals surface area contributed by atoms with Gasteiger partial charge in [0.05, 0.1) is 23.7 Å². The van der Waals surface area contributed by atoms with E-state index in [9.17, 15) is 9.59 Å². The fourth-order valence-corrected chi connectivity index (χ4v) is 3.24. The van der Waals surface area contributed by atoms with Crippen LogP contribution >= 0.6 is 0 Å². The van der Waals surface area contributed by atoms with Gasteiger partial charge in [-0.2, -0.15) is 0 Å². The number of esters is 1. The number of hydrogen-bond acceptors (Lipinski definition) is 5. The Balaban J connectivity index is 2.10. The molecule has 24 heavy (non-hydrogen) atoms. The van der Waals surface area contributed by atoms with Crippen LogP contribution in [0.15, 0.2) is 30.5 Å². The maximum absolute atomic E-state index is 12.4. The lowest BCUT2D eigenvalue weighted by Crippen LogP contribution is -2.41. The maximum atomic E-state index is 12.4. The lowest BCUT2D eigenvalue weighted by atomic mass is 9.95. The van der Waals surface area contributed by atoms with Gasteiger partial charge in [0.25, 0.3) is 0 Å². The average Bonchev–Trinajstić information content (AvgIpc) is 2.61. The molecule has 2 aromatic rings. The number of benzene rings is 1. The van der Waals surface area contributed by atoms with Crippen LogP contribution in [0.2, 0.25) is 0 Å². The molecule has 6 heteroatoms. The summed E-state index contributed by atoms with van der Waals surface area (Å²) >= 11 is 0. The molecule has 1 saturated heterocycles. The highest BCUT2D eigenvalue weighted by Crippen LogP contribution is 2.33. The molecule has 0 saturated carbocycles. The quantitative estimate of drug-likeness (QED) is 0.869. The van der Waals surface area contributed by atoms with Crippen LogP contribution in [0.1, 0.15) is 30.1 Å². The van der Waals surface area contributed by atoms with E-state index in [1.54, 1.807) is 13.1 Å². The molecule has 1 aliphatic rings. The molecule has 1 aromatic carbocycles. The highest BCUT2D eigenvalue weighted by molar-refractivity contribution is 6.05. The van der Waals surface area contributed by atoms with Crippen molar-refractivity contribution in [3.8, 4) is 0 Å². The van der Waals surface area contributed by atoms with Crippen molar-refractivity contribution in [2.45, 2.75) is 19.8 Å². The Bertz CT molecular complexity index is 775. The van der Waals surface area contributed by atoms with Gasteiger partial charge in [0.15, 0.2) is 0 Å². The van der Waals surface area contributed by atoms with E-state index in [0.29, 0.717) is 18.7 Å². The number of pyridine rings is 1. The second kappa shape index (κ2) is 6.86. The first kappa shape index (κ1) is 16.2. The number of hydrogen-bond donors (Lipinski definition) is 1. The van der Waals surface area contributed by atoms with Gasteiger partial charge in [-0.3, -0.25) is 9.78 Å². The largest absolute Gasteiger partial charge is 0.462 e. The number of piperidine rings is 1. The van der Waals surface area contributed by atoms with E-state index in [0.717, 1.165) is 36.0 Å². The van der Waals surface area contributed by atoms with Crippen LogP contribution in [-0.2, 0) is 9.53 Å². The first-order chi connectivity index (χ1) is 11.6. The van der Waals surface area contributed by atoms with Gasteiger partial charge in [0, 0.05) is 24.7 Å². The minimum absolute atomic E-state index is 0.208. The molecular weight excluding hydrogens is 306 g/mol. The zero-order valence-corrected chi connectivity index (χ0v) is 13.7. The van der Waals surface area contributed by atoms with Crippen LogP contribution in [0.25, 0.3) is 10.9 Å². The number of ether oxygens (including phenoxy) is 1. The zero-order valence-electron chi connectivity index (χ0n) is 13.7. The SMILES string of the molecule is CCOC(=O)c1cnc2ccccc2c1N1CCCC(C(N)=O)C1. The number of primary amides is 1. The van der Waals surface area contributed by atoms with E-state index < -0.39 is 5.97 Å². The Labute approximate surface area is 140 Å². The molecule has 0 radical (unpaired) electrons. The van der Waals surface area contributed by atoms with Crippen LogP contribution in [-0.4, -0.2) is 36.6 Å². The molecule has 2 heterocycles. The van der Waals surface area contributed by atoms with E-state index in [1.165, 1.54) is 0 Å². The molecule has 1 aromatic heterocycles. The molecule has 0 aliphatic carbocycles. The summed E-state index contributed by atoms with van der Waals surface area (Å²) in [4.78, 5) is 30.4. The molecule has 1 aliphatic heterocycles.